The molecule has 0 amide bonds. The van der Waals surface area contributed by atoms with Crippen LogP contribution < -0.4 is 5.32 Å². The second-order valence-corrected chi connectivity index (χ2v) is 5.94. The fourth-order valence-electron chi connectivity index (χ4n) is 2.99. The molecule has 0 spiro atoms. The topological polar surface area (TPSA) is 58.0 Å². The maximum Gasteiger partial charge on any atom is 0.147 e. The Morgan fingerprint density at radius 1 is 0.885 bits per heavy atom. The Balaban J connectivity index is 1.83. The van der Waals surface area contributed by atoms with Gasteiger partial charge in [-0.1, -0.05) is 18.2 Å². The van der Waals surface area contributed by atoms with Crippen LogP contribution in [0.15, 0.2) is 79.3 Å². The SMILES string of the molecule is Oc1c([C@H](Nc2ccc(F)cc2)c2ccncc2)ccc2cccnc12. The van der Waals surface area contributed by atoms with Crippen molar-refractivity contribution in [2.24, 2.45) is 0 Å². The van der Waals surface area contributed by atoms with Gasteiger partial charge in [0.2, 0.25) is 0 Å². The molecule has 4 nitrogen and oxygen atoms in total. The molecule has 0 aliphatic carbocycles. The number of hydrogen-bond acceptors (Lipinski definition) is 4. The molecule has 0 aliphatic rings. The lowest BCUT2D eigenvalue weighted by Gasteiger charge is -2.22. The highest BCUT2D eigenvalue weighted by Gasteiger charge is 2.20. The van der Waals surface area contributed by atoms with Gasteiger partial charge in [0, 0.05) is 35.2 Å². The second kappa shape index (κ2) is 6.80. The van der Waals surface area contributed by atoms with E-state index in [0.29, 0.717) is 11.1 Å². The lowest BCUT2D eigenvalue weighted by Crippen LogP contribution is -2.13. The van der Waals surface area contributed by atoms with Crippen LogP contribution in [0.3, 0.4) is 0 Å². The summed E-state index contributed by atoms with van der Waals surface area (Å²) < 4.78 is 13.2. The minimum Gasteiger partial charge on any atom is -0.505 e. The molecule has 4 aromatic rings. The first kappa shape index (κ1) is 16.0. The highest BCUT2D eigenvalue weighted by atomic mass is 19.1. The molecule has 2 aromatic carbocycles. The summed E-state index contributed by atoms with van der Waals surface area (Å²) in [5, 5.41) is 15.1. The third-order valence-corrected chi connectivity index (χ3v) is 4.28. The molecule has 5 heteroatoms. The molecule has 2 N–H and O–H groups in total. The van der Waals surface area contributed by atoms with E-state index in [2.05, 4.69) is 15.3 Å². The Hall–Kier alpha value is -3.47. The van der Waals surface area contributed by atoms with Gasteiger partial charge >= 0.3 is 0 Å². The van der Waals surface area contributed by atoms with E-state index in [4.69, 9.17) is 0 Å². The molecule has 2 aromatic heterocycles. The predicted octanol–water partition coefficient (Wildman–Crippen LogP) is 4.68. The lowest BCUT2D eigenvalue weighted by molar-refractivity contribution is 0.471. The average molecular weight is 345 g/mol. The van der Waals surface area contributed by atoms with Crippen LogP contribution in [-0.2, 0) is 0 Å². The van der Waals surface area contributed by atoms with E-state index >= 15 is 0 Å². The summed E-state index contributed by atoms with van der Waals surface area (Å²) in [6.45, 7) is 0. The van der Waals surface area contributed by atoms with Gasteiger partial charge in [0.05, 0.1) is 6.04 Å². The summed E-state index contributed by atoms with van der Waals surface area (Å²) in [6.07, 6.45) is 5.05. The number of anilines is 1. The van der Waals surface area contributed by atoms with E-state index in [1.165, 1.54) is 12.1 Å². The zero-order chi connectivity index (χ0) is 17.9. The van der Waals surface area contributed by atoms with Gasteiger partial charge in [-0.3, -0.25) is 9.97 Å². The molecule has 0 saturated carbocycles. The van der Waals surface area contributed by atoms with Crippen molar-refractivity contribution in [3.63, 3.8) is 0 Å². The summed E-state index contributed by atoms with van der Waals surface area (Å²) in [4.78, 5) is 8.36. The number of rotatable bonds is 4. The first-order valence-electron chi connectivity index (χ1n) is 8.21. The van der Waals surface area contributed by atoms with Crippen LogP contribution in [0.1, 0.15) is 17.2 Å². The quantitative estimate of drug-likeness (QED) is 0.564. The molecule has 0 fully saturated rings. The standard InChI is InChI=1S/C21H16FN3O/c22-16-4-6-17(7-5-16)25-19(15-9-12-23-13-10-15)18-8-3-14-2-1-11-24-20(14)21(18)26/h1-13,19,25-26H/t19-/m1/s1. The molecule has 0 saturated heterocycles. The van der Waals surface area contributed by atoms with Crippen molar-refractivity contribution in [2.45, 2.75) is 6.04 Å². The van der Waals surface area contributed by atoms with Crippen molar-refractivity contribution in [3.05, 3.63) is 96.2 Å². The van der Waals surface area contributed by atoms with Crippen LogP contribution in [0.2, 0.25) is 0 Å². The van der Waals surface area contributed by atoms with Crippen molar-refractivity contribution >= 4 is 16.6 Å². The number of pyridine rings is 2. The Morgan fingerprint density at radius 2 is 1.65 bits per heavy atom. The maximum absolute atomic E-state index is 13.2. The third-order valence-electron chi connectivity index (χ3n) is 4.28. The first-order chi connectivity index (χ1) is 12.7. The lowest BCUT2D eigenvalue weighted by atomic mass is 9.96. The molecule has 0 unspecified atom stereocenters. The predicted molar refractivity (Wildman–Crippen MR) is 99.5 cm³/mol. The Bertz CT molecular complexity index is 1040. The van der Waals surface area contributed by atoms with E-state index in [1.807, 2.05) is 36.4 Å². The minimum absolute atomic E-state index is 0.125. The van der Waals surface area contributed by atoms with Gasteiger partial charge in [-0.15, -0.1) is 0 Å². The van der Waals surface area contributed by atoms with E-state index in [0.717, 1.165) is 16.6 Å². The highest BCUT2D eigenvalue weighted by Crippen LogP contribution is 2.36. The van der Waals surface area contributed by atoms with Gasteiger partial charge in [0.25, 0.3) is 0 Å². The molecule has 128 valence electrons. The summed E-state index contributed by atoms with van der Waals surface area (Å²) >= 11 is 0. The summed E-state index contributed by atoms with van der Waals surface area (Å²) in [7, 11) is 0. The van der Waals surface area contributed by atoms with E-state index in [1.54, 1.807) is 30.7 Å². The van der Waals surface area contributed by atoms with Crippen molar-refractivity contribution in [2.75, 3.05) is 5.32 Å². The molecule has 1 atom stereocenters. The molecule has 2 heterocycles. The molecule has 0 bridgehead atoms. The third kappa shape index (κ3) is 3.07. The molecular formula is C21H16FN3O. The van der Waals surface area contributed by atoms with E-state index < -0.39 is 0 Å². The largest absolute Gasteiger partial charge is 0.505 e. The zero-order valence-electron chi connectivity index (χ0n) is 13.8. The van der Waals surface area contributed by atoms with E-state index in [9.17, 15) is 9.50 Å². The second-order valence-electron chi connectivity index (χ2n) is 5.94. The van der Waals surface area contributed by atoms with Gasteiger partial charge in [0.15, 0.2) is 0 Å². The molecule has 4 rings (SSSR count). The summed E-state index contributed by atoms with van der Waals surface area (Å²) in [6, 6.07) is 17.1. The Kier molecular flexibility index (Phi) is 4.19. The van der Waals surface area contributed by atoms with Gasteiger partial charge in [-0.2, -0.15) is 0 Å². The van der Waals surface area contributed by atoms with Gasteiger partial charge in [-0.25, -0.2) is 4.39 Å². The van der Waals surface area contributed by atoms with Crippen LogP contribution in [0.5, 0.6) is 5.75 Å². The average Bonchev–Trinajstić information content (AvgIpc) is 2.69. The maximum atomic E-state index is 13.2. The fourth-order valence-corrected chi connectivity index (χ4v) is 2.99. The van der Waals surface area contributed by atoms with Crippen molar-refractivity contribution in [3.8, 4) is 5.75 Å². The van der Waals surface area contributed by atoms with Crippen LogP contribution in [0.25, 0.3) is 10.9 Å². The molecule has 26 heavy (non-hydrogen) atoms. The van der Waals surface area contributed by atoms with Crippen molar-refractivity contribution in [1.82, 2.24) is 9.97 Å². The number of phenolic OH excluding ortho intramolecular Hbond substituents is 1. The minimum atomic E-state index is -0.338. The van der Waals surface area contributed by atoms with Gasteiger partial charge < -0.3 is 10.4 Å². The number of aromatic nitrogens is 2. The van der Waals surface area contributed by atoms with Crippen LogP contribution in [0.4, 0.5) is 10.1 Å². The van der Waals surface area contributed by atoms with E-state index in [-0.39, 0.29) is 17.6 Å². The Labute approximate surface area is 150 Å². The van der Waals surface area contributed by atoms with Crippen molar-refractivity contribution < 1.29 is 9.50 Å². The van der Waals surface area contributed by atoms with Gasteiger partial charge in [0.1, 0.15) is 17.1 Å². The number of nitrogens with one attached hydrogen (secondary N) is 1. The summed E-state index contributed by atoms with van der Waals surface area (Å²) in [5.74, 6) is -0.173. The van der Waals surface area contributed by atoms with Crippen LogP contribution >= 0.6 is 0 Å². The number of halogens is 1. The highest BCUT2D eigenvalue weighted by molar-refractivity contribution is 5.86. The number of phenols is 1. The number of benzene rings is 2. The van der Waals surface area contributed by atoms with Crippen LogP contribution in [-0.4, -0.2) is 15.1 Å². The van der Waals surface area contributed by atoms with Gasteiger partial charge in [-0.05, 0) is 48.0 Å². The Morgan fingerprint density at radius 3 is 2.42 bits per heavy atom. The monoisotopic (exact) mass is 345 g/mol. The summed E-state index contributed by atoms with van der Waals surface area (Å²) in [5.41, 5.74) is 2.90. The number of hydrogen-bond donors (Lipinski definition) is 2. The first-order valence-corrected chi connectivity index (χ1v) is 8.21. The number of aromatic hydroxyl groups is 1. The normalized spacial score (nSPS) is 12.0. The number of nitrogens with zero attached hydrogens (tertiary/aromatic N) is 2. The fraction of sp³-hybridized carbons (Fsp3) is 0.0476. The smallest absolute Gasteiger partial charge is 0.147 e. The van der Waals surface area contributed by atoms with Crippen molar-refractivity contribution in [1.29, 1.82) is 0 Å². The zero-order valence-corrected chi connectivity index (χ0v) is 13.8. The molecular weight excluding hydrogens is 329 g/mol. The molecule has 0 radical (unpaired) electrons. The van der Waals surface area contributed by atoms with Crippen LogP contribution in [0, 0.1) is 5.82 Å². The number of fused-ring (bicyclic) bond motifs is 1. The molecule has 0 aliphatic heterocycles.